The van der Waals surface area contributed by atoms with E-state index >= 15 is 0 Å². The van der Waals surface area contributed by atoms with E-state index in [0.717, 1.165) is 6.07 Å². The number of primary amides is 1. The molecule has 0 aliphatic rings. The SMILES string of the molecule is NC(=O)Oc1cc(C(F)(F)F)cc(CC(Cl)(Cl)Cl)c1-c1cccnc1. The van der Waals surface area contributed by atoms with Gasteiger partial charge in [0.2, 0.25) is 0 Å². The number of nitrogens with two attached hydrogens (primary N) is 1. The number of pyridine rings is 1. The van der Waals surface area contributed by atoms with Gasteiger partial charge in [0.1, 0.15) is 5.75 Å². The highest BCUT2D eigenvalue weighted by Gasteiger charge is 2.34. The standard InChI is InChI=1S/C15H10Cl3F3N2O2/c16-14(17,18)6-9-4-10(15(19,20)21)5-11(25-13(22)24)12(9)8-2-1-3-23-7-8/h1-5,7H,6H2,(H2,22,24). The van der Waals surface area contributed by atoms with Crippen LogP contribution in [0.25, 0.3) is 11.1 Å². The van der Waals surface area contributed by atoms with Gasteiger partial charge in [-0.3, -0.25) is 4.98 Å². The van der Waals surface area contributed by atoms with E-state index in [2.05, 4.69) is 4.98 Å². The molecule has 1 amide bonds. The molecule has 10 heteroatoms. The lowest BCUT2D eigenvalue weighted by Crippen LogP contribution is -2.19. The van der Waals surface area contributed by atoms with E-state index in [0.29, 0.717) is 11.6 Å². The van der Waals surface area contributed by atoms with Crippen LogP contribution < -0.4 is 10.5 Å². The first-order valence-electron chi connectivity index (χ1n) is 6.66. The maximum Gasteiger partial charge on any atom is 0.416 e. The van der Waals surface area contributed by atoms with Gasteiger partial charge in [-0.25, -0.2) is 4.79 Å². The Balaban J connectivity index is 2.77. The second kappa shape index (κ2) is 7.27. The first kappa shape index (κ1) is 19.6. The van der Waals surface area contributed by atoms with E-state index < -0.39 is 27.4 Å². The second-order valence-corrected chi connectivity index (χ2v) is 7.48. The number of carbonyl (C=O) groups excluding carboxylic acids is 1. The van der Waals surface area contributed by atoms with Crippen LogP contribution in [0.15, 0.2) is 36.7 Å². The predicted octanol–water partition coefficient (Wildman–Crippen LogP) is 5.14. The minimum absolute atomic E-state index is 0.0130. The summed E-state index contributed by atoms with van der Waals surface area (Å²) < 4.78 is 42.4. The highest BCUT2D eigenvalue weighted by Crippen LogP contribution is 2.43. The first-order valence-corrected chi connectivity index (χ1v) is 7.79. The average Bonchev–Trinajstić information content (AvgIpc) is 2.44. The number of hydrogen-bond acceptors (Lipinski definition) is 3. The van der Waals surface area contributed by atoms with E-state index in [1.54, 1.807) is 12.1 Å². The summed E-state index contributed by atoms with van der Waals surface area (Å²) in [5.74, 6) is -0.403. The van der Waals surface area contributed by atoms with Crippen molar-refractivity contribution in [2.75, 3.05) is 0 Å². The molecule has 1 aromatic carbocycles. The summed E-state index contributed by atoms with van der Waals surface area (Å²) in [5.41, 5.74) is 4.42. The Hall–Kier alpha value is -1.70. The number of alkyl halides is 6. The van der Waals surface area contributed by atoms with Crippen LogP contribution in [0.4, 0.5) is 18.0 Å². The van der Waals surface area contributed by atoms with Crippen molar-refractivity contribution in [3.05, 3.63) is 47.8 Å². The Bertz CT molecular complexity index is 778. The fourth-order valence-electron chi connectivity index (χ4n) is 2.22. The maximum atomic E-state index is 13.2. The van der Waals surface area contributed by atoms with Gasteiger partial charge in [0.15, 0.2) is 3.79 Å². The Kier molecular flexibility index (Phi) is 5.71. The summed E-state index contributed by atoms with van der Waals surface area (Å²) >= 11 is 17.3. The van der Waals surface area contributed by atoms with Gasteiger partial charge in [-0.15, -0.1) is 0 Å². The quantitative estimate of drug-likeness (QED) is 0.709. The lowest BCUT2D eigenvalue weighted by Gasteiger charge is -2.20. The van der Waals surface area contributed by atoms with E-state index in [4.69, 9.17) is 45.3 Å². The molecule has 134 valence electrons. The topological polar surface area (TPSA) is 65.2 Å². The molecule has 0 aliphatic heterocycles. The summed E-state index contributed by atoms with van der Waals surface area (Å²) in [6.45, 7) is 0. The van der Waals surface area contributed by atoms with Crippen molar-refractivity contribution in [3.63, 3.8) is 0 Å². The summed E-state index contributed by atoms with van der Waals surface area (Å²) in [5, 5.41) is 0. The molecule has 0 saturated carbocycles. The molecular weight excluding hydrogens is 404 g/mol. The summed E-state index contributed by atoms with van der Waals surface area (Å²) in [6, 6.07) is 4.61. The van der Waals surface area contributed by atoms with Crippen molar-refractivity contribution in [1.82, 2.24) is 4.98 Å². The van der Waals surface area contributed by atoms with Crippen LogP contribution in [0.5, 0.6) is 5.75 Å². The normalized spacial score (nSPS) is 12.1. The molecule has 1 aromatic heterocycles. The monoisotopic (exact) mass is 412 g/mol. The number of ether oxygens (including phenoxy) is 1. The van der Waals surface area contributed by atoms with E-state index in [1.165, 1.54) is 12.4 Å². The third kappa shape index (κ3) is 5.39. The van der Waals surface area contributed by atoms with Crippen LogP contribution in [0, 0.1) is 0 Å². The zero-order chi connectivity index (χ0) is 18.8. The molecule has 0 fully saturated rings. The Morgan fingerprint density at radius 1 is 1.24 bits per heavy atom. The number of halogens is 6. The number of nitrogens with zero attached hydrogens (tertiary/aromatic N) is 1. The fraction of sp³-hybridized carbons (Fsp3) is 0.200. The van der Waals surface area contributed by atoms with Crippen molar-refractivity contribution in [3.8, 4) is 16.9 Å². The molecule has 0 saturated heterocycles. The summed E-state index contributed by atoms with van der Waals surface area (Å²) in [6.07, 6.45) is -3.49. The van der Waals surface area contributed by atoms with Crippen molar-refractivity contribution < 1.29 is 22.7 Å². The summed E-state index contributed by atoms with van der Waals surface area (Å²) in [4.78, 5) is 15.0. The molecule has 0 unspecified atom stereocenters. The van der Waals surface area contributed by atoms with Gasteiger partial charge in [0, 0.05) is 29.9 Å². The van der Waals surface area contributed by atoms with Crippen LogP contribution in [-0.4, -0.2) is 14.9 Å². The average molecular weight is 414 g/mol. The molecule has 0 spiro atoms. The Morgan fingerprint density at radius 3 is 2.40 bits per heavy atom. The highest BCUT2D eigenvalue weighted by atomic mass is 35.6. The van der Waals surface area contributed by atoms with Crippen LogP contribution in [0.1, 0.15) is 11.1 Å². The molecule has 2 N–H and O–H groups in total. The van der Waals surface area contributed by atoms with E-state index in [-0.39, 0.29) is 17.5 Å². The number of benzene rings is 1. The van der Waals surface area contributed by atoms with Crippen LogP contribution >= 0.6 is 34.8 Å². The number of aromatic nitrogens is 1. The lowest BCUT2D eigenvalue weighted by atomic mass is 9.95. The van der Waals surface area contributed by atoms with Gasteiger partial charge in [0.25, 0.3) is 0 Å². The smallest absolute Gasteiger partial charge is 0.410 e. The Morgan fingerprint density at radius 2 is 1.92 bits per heavy atom. The molecule has 0 atom stereocenters. The molecule has 25 heavy (non-hydrogen) atoms. The molecule has 2 rings (SSSR count). The van der Waals surface area contributed by atoms with Gasteiger partial charge in [-0.1, -0.05) is 40.9 Å². The van der Waals surface area contributed by atoms with E-state index in [1.807, 2.05) is 0 Å². The second-order valence-electron chi connectivity index (χ2n) is 4.96. The zero-order valence-corrected chi connectivity index (χ0v) is 14.5. The van der Waals surface area contributed by atoms with Crippen molar-refractivity contribution in [2.24, 2.45) is 5.73 Å². The summed E-state index contributed by atoms with van der Waals surface area (Å²) in [7, 11) is 0. The molecule has 0 bridgehead atoms. The highest BCUT2D eigenvalue weighted by molar-refractivity contribution is 6.67. The third-order valence-electron chi connectivity index (χ3n) is 3.06. The fourth-order valence-corrected chi connectivity index (χ4v) is 2.65. The molecule has 0 aliphatic carbocycles. The number of rotatable bonds is 3. The van der Waals surface area contributed by atoms with Crippen molar-refractivity contribution >= 4 is 40.9 Å². The number of hydrogen-bond donors (Lipinski definition) is 1. The molecular formula is C15H10Cl3F3N2O2. The van der Waals surface area contributed by atoms with Gasteiger partial charge >= 0.3 is 12.3 Å². The minimum Gasteiger partial charge on any atom is -0.410 e. The lowest BCUT2D eigenvalue weighted by molar-refractivity contribution is -0.137. The minimum atomic E-state index is -4.70. The van der Waals surface area contributed by atoms with Gasteiger partial charge in [-0.05, 0) is 23.8 Å². The van der Waals surface area contributed by atoms with Gasteiger partial charge < -0.3 is 10.5 Å². The molecule has 0 radical (unpaired) electrons. The van der Waals surface area contributed by atoms with Crippen LogP contribution in [-0.2, 0) is 12.6 Å². The molecule has 4 nitrogen and oxygen atoms in total. The molecule has 2 aromatic rings. The van der Waals surface area contributed by atoms with Crippen LogP contribution in [0.3, 0.4) is 0 Å². The zero-order valence-electron chi connectivity index (χ0n) is 12.3. The van der Waals surface area contributed by atoms with Crippen molar-refractivity contribution in [2.45, 2.75) is 16.4 Å². The molecule has 1 heterocycles. The number of amides is 1. The third-order valence-corrected chi connectivity index (χ3v) is 3.46. The Labute approximate surface area is 155 Å². The van der Waals surface area contributed by atoms with Crippen molar-refractivity contribution in [1.29, 1.82) is 0 Å². The van der Waals surface area contributed by atoms with Gasteiger partial charge in [-0.2, -0.15) is 13.2 Å². The predicted molar refractivity (Wildman–Crippen MR) is 88.9 cm³/mol. The van der Waals surface area contributed by atoms with Crippen LogP contribution in [0.2, 0.25) is 0 Å². The number of carbonyl (C=O) groups is 1. The van der Waals surface area contributed by atoms with Gasteiger partial charge in [0.05, 0.1) is 5.56 Å². The first-order chi connectivity index (χ1) is 11.5. The maximum absolute atomic E-state index is 13.2. The largest absolute Gasteiger partial charge is 0.416 e. The van der Waals surface area contributed by atoms with E-state index in [9.17, 15) is 18.0 Å².